The Morgan fingerprint density at radius 3 is 2.62 bits per heavy atom. The molecule has 1 heterocycles. The van der Waals surface area contributed by atoms with E-state index in [2.05, 4.69) is 49.1 Å². The summed E-state index contributed by atoms with van der Waals surface area (Å²) in [5.74, 6) is 0. The third-order valence-corrected chi connectivity index (χ3v) is 3.45. The van der Waals surface area contributed by atoms with Gasteiger partial charge in [-0.15, -0.1) is 0 Å². The molecule has 2 nitrogen and oxygen atoms in total. The van der Waals surface area contributed by atoms with Gasteiger partial charge in [-0.05, 0) is 38.8 Å². The zero-order valence-corrected chi connectivity index (χ0v) is 10.3. The van der Waals surface area contributed by atoms with E-state index in [0.717, 1.165) is 6.54 Å². The fourth-order valence-corrected chi connectivity index (χ4v) is 2.68. The van der Waals surface area contributed by atoms with Crippen LogP contribution in [0.1, 0.15) is 32.3 Å². The summed E-state index contributed by atoms with van der Waals surface area (Å²) in [6.07, 6.45) is 2.51. The molecule has 0 saturated carbocycles. The monoisotopic (exact) mass is 218 g/mol. The van der Waals surface area contributed by atoms with Gasteiger partial charge in [0, 0.05) is 18.1 Å². The van der Waals surface area contributed by atoms with E-state index in [-0.39, 0.29) is 5.54 Å². The zero-order chi connectivity index (χ0) is 11.6. The molecule has 2 rings (SSSR count). The van der Waals surface area contributed by atoms with Gasteiger partial charge in [0.2, 0.25) is 0 Å². The molecule has 0 amide bonds. The van der Waals surface area contributed by atoms with Crippen molar-refractivity contribution in [1.82, 2.24) is 4.90 Å². The fraction of sp³-hybridized carbons (Fsp3) is 0.571. The fourth-order valence-electron chi connectivity index (χ4n) is 2.68. The van der Waals surface area contributed by atoms with Gasteiger partial charge in [-0.3, -0.25) is 4.90 Å². The van der Waals surface area contributed by atoms with Crippen LogP contribution in [0.5, 0.6) is 0 Å². The molecule has 0 aliphatic carbocycles. The summed E-state index contributed by atoms with van der Waals surface area (Å²) in [5, 5.41) is 0. The van der Waals surface area contributed by atoms with Crippen LogP contribution in [0.2, 0.25) is 0 Å². The molecule has 1 fully saturated rings. The maximum absolute atomic E-state index is 6.24. The lowest BCUT2D eigenvalue weighted by atomic mass is 9.93. The molecule has 1 saturated heterocycles. The highest BCUT2D eigenvalue weighted by Gasteiger charge is 2.34. The molecule has 1 aromatic rings. The molecule has 0 aromatic heterocycles. The molecule has 1 atom stereocenters. The van der Waals surface area contributed by atoms with Gasteiger partial charge in [0.15, 0.2) is 0 Å². The lowest BCUT2D eigenvalue weighted by Gasteiger charge is -2.35. The largest absolute Gasteiger partial charge is 0.324 e. The Kier molecular flexibility index (Phi) is 3.31. The molecule has 0 bridgehead atoms. The lowest BCUT2D eigenvalue weighted by Crippen LogP contribution is -2.51. The Hall–Kier alpha value is -0.860. The number of likely N-dealkylation sites (tertiary alicyclic amines) is 1. The van der Waals surface area contributed by atoms with Crippen molar-refractivity contribution in [3.8, 4) is 0 Å². The Morgan fingerprint density at radius 2 is 2.00 bits per heavy atom. The van der Waals surface area contributed by atoms with E-state index >= 15 is 0 Å². The van der Waals surface area contributed by atoms with E-state index in [1.165, 1.54) is 24.9 Å². The molecule has 1 aliphatic rings. The predicted molar refractivity (Wildman–Crippen MR) is 68.1 cm³/mol. The highest BCUT2D eigenvalue weighted by molar-refractivity contribution is 5.15. The van der Waals surface area contributed by atoms with E-state index in [4.69, 9.17) is 5.73 Å². The average Bonchev–Trinajstić information content (AvgIpc) is 2.67. The average molecular weight is 218 g/mol. The van der Waals surface area contributed by atoms with Crippen molar-refractivity contribution in [1.29, 1.82) is 0 Å². The molecule has 88 valence electrons. The van der Waals surface area contributed by atoms with Gasteiger partial charge < -0.3 is 5.73 Å². The molecule has 2 heteroatoms. The van der Waals surface area contributed by atoms with Crippen LogP contribution < -0.4 is 5.73 Å². The third-order valence-electron chi connectivity index (χ3n) is 3.45. The normalized spacial score (nSPS) is 22.6. The SMILES string of the molecule is CC(C)(N)C1CCCN1Cc1ccccc1. The maximum Gasteiger partial charge on any atom is 0.0274 e. The highest BCUT2D eigenvalue weighted by atomic mass is 15.2. The van der Waals surface area contributed by atoms with Crippen molar-refractivity contribution < 1.29 is 0 Å². The van der Waals surface area contributed by atoms with Crippen molar-refractivity contribution in [2.75, 3.05) is 6.54 Å². The van der Waals surface area contributed by atoms with Crippen molar-refractivity contribution >= 4 is 0 Å². The second-order valence-corrected chi connectivity index (χ2v) is 5.44. The van der Waals surface area contributed by atoms with E-state index in [9.17, 15) is 0 Å². The summed E-state index contributed by atoms with van der Waals surface area (Å²) in [6.45, 7) is 6.49. The predicted octanol–water partition coefficient (Wildman–Crippen LogP) is 2.39. The standard InChI is InChI=1S/C14H22N2/c1-14(2,15)13-9-6-10-16(13)11-12-7-4-3-5-8-12/h3-5,7-8,13H,6,9-11,15H2,1-2H3. The minimum atomic E-state index is -0.0920. The Balaban J connectivity index is 2.05. The van der Waals surface area contributed by atoms with Crippen LogP contribution in [0.15, 0.2) is 30.3 Å². The van der Waals surface area contributed by atoms with Crippen LogP contribution in [-0.4, -0.2) is 23.0 Å². The Morgan fingerprint density at radius 1 is 1.31 bits per heavy atom. The number of nitrogens with zero attached hydrogens (tertiary/aromatic N) is 1. The van der Waals surface area contributed by atoms with Crippen LogP contribution in [0.3, 0.4) is 0 Å². The third kappa shape index (κ3) is 2.63. The van der Waals surface area contributed by atoms with Crippen molar-refractivity contribution in [3.63, 3.8) is 0 Å². The maximum atomic E-state index is 6.24. The first kappa shape index (κ1) is 11.6. The molecule has 1 unspecified atom stereocenters. The molecule has 0 spiro atoms. The Labute approximate surface area is 98.4 Å². The zero-order valence-electron chi connectivity index (χ0n) is 10.3. The Bertz CT molecular complexity index is 326. The summed E-state index contributed by atoms with van der Waals surface area (Å²) in [4.78, 5) is 2.52. The van der Waals surface area contributed by atoms with Gasteiger partial charge in [-0.25, -0.2) is 0 Å². The summed E-state index contributed by atoms with van der Waals surface area (Å²) >= 11 is 0. The molecule has 16 heavy (non-hydrogen) atoms. The number of hydrogen-bond acceptors (Lipinski definition) is 2. The van der Waals surface area contributed by atoms with Crippen molar-refractivity contribution in [2.24, 2.45) is 5.73 Å². The minimum Gasteiger partial charge on any atom is -0.324 e. The summed E-state index contributed by atoms with van der Waals surface area (Å²) in [7, 11) is 0. The summed E-state index contributed by atoms with van der Waals surface area (Å²) < 4.78 is 0. The first-order valence-corrected chi connectivity index (χ1v) is 6.14. The van der Waals surface area contributed by atoms with Crippen LogP contribution in [0.25, 0.3) is 0 Å². The number of benzene rings is 1. The number of nitrogens with two attached hydrogens (primary N) is 1. The smallest absolute Gasteiger partial charge is 0.0274 e. The van der Waals surface area contributed by atoms with E-state index in [0.29, 0.717) is 6.04 Å². The van der Waals surface area contributed by atoms with Crippen LogP contribution in [0.4, 0.5) is 0 Å². The van der Waals surface area contributed by atoms with Gasteiger partial charge >= 0.3 is 0 Å². The van der Waals surface area contributed by atoms with Crippen molar-refractivity contribution in [3.05, 3.63) is 35.9 Å². The first-order chi connectivity index (χ1) is 7.57. The molecule has 2 N–H and O–H groups in total. The van der Waals surface area contributed by atoms with Crippen molar-refractivity contribution in [2.45, 2.75) is 44.8 Å². The number of hydrogen-bond donors (Lipinski definition) is 1. The van der Waals surface area contributed by atoms with Gasteiger partial charge in [0.25, 0.3) is 0 Å². The minimum absolute atomic E-state index is 0.0920. The van der Waals surface area contributed by atoms with Gasteiger partial charge in [0.1, 0.15) is 0 Å². The van der Waals surface area contributed by atoms with Gasteiger partial charge in [-0.1, -0.05) is 30.3 Å². The molecular formula is C14H22N2. The highest BCUT2D eigenvalue weighted by Crippen LogP contribution is 2.26. The molecule has 1 aliphatic heterocycles. The topological polar surface area (TPSA) is 29.3 Å². The quantitative estimate of drug-likeness (QED) is 0.844. The van der Waals surface area contributed by atoms with E-state index in [1.54, 1.807) is 0 Å². The molecular weight excluding hydrogens is 196 g/mol. The van der Waals surface area contributed by atoms with Crippen LogP contribution >= 0.6 is 0 Å². The molecule has 1 aromatic carbocycles. The molecule has 0 radical (unpaired) electrons. The second kappa shape index (κ2) is 4.56. The second-order valence-electron chi connectivity index (χ2n) is 5.44. The summed E-state index contributed by atoms with van der Waals surface area (Å²) in [5.41, 5.74) is 7.54. The van der Waals surface area contributed by atoms with E-state index in [1.807, 2.05) is 0 Å². The first-order valence-electron chi connectivity index (χ1n) is 6.14. The van der Waals surface area contributed by atoms with Gasteiger partial charge in [0.05, 0.1) is 0 Å². The number of rotatable bonds is 3. The van der Waals surface area contributed by atoms with Gasteiger partial charge in [-0.2, -0.15) is 0 Å². The lowest BCUT2D eigenvalue weighted by molar-refractivity contribution is 0.176. The van der Waals surface area contributed by atoms with Crippen LogP contribution in [-0.2, 0) is 6.54 Å². The van der Waals surface area contributed by atoms with Crippen LogP contribution in [0, 0.1) is 0 Å². The van der Waals surface area contributed by atoms with E-state index < -0.39 is 0 Å². The summed E-state index contributed by atoms with van der Waals surface area (Å²) in [6, 6.07) is 11.2.